The number of aryl methyl sites for hydroxylation is 1. The zero-order chi connectivity index (χ0) is 8.72. The van der Waals surface area contributed by atoms with E-state index in [-0.39, 0.29) is 0 Å². The minimum absolute atomic E-state index is 0.411. The van der Waals surface area contributed by atoms with Crippen LogP contribution in [0.5, 0.6) is 0 Å². The molecule has 0 saturated carbocycles. The summed E-state index contributed by atoms with van der Waals surface area (Å²) in [5, 5.41) is 0. The molecule has 0 amide bonds. The Morgan fingerprint density at radius 3 is 3.00 bits per heavy atom. The molecule has 4 heteroatoms. The molecule has 62 valence electrons. The van der Waals surface area contributed by atoms with Crippen molar-refractivity contribution in [3.63, 3.8) is 0 Å². The summed E-state index contributed by atoms with van der Waals surface area (Å²) in [7, 11) is 0. The molecular weight excluding hydrogens is 222 g/mol. The Bertz CT molecular complexity index is 483. The van der Waals surface area contributed by atoms with E-state index >= 15 is 0 Å². The second kappa shape index (κ2) is 2.48. The van der Waals surface area contributed by atoms with Gasteiger partial charge in [0.15, 0.2) is 5.58 Å². The number of benzene rings is 1. The van der Waals surface area contributed by atoms with E-state index in [1.165, 1.54) is 0 Å². The van der Waals surface area contributed by atoms with Gasteiger partial charge >= 0.3 is 5.76 Å². The maximum atomic E-state index is 10.8. The Morgan fingerprint density at radius 1 is 1.50 bits per heavy atom. The third-order valence-electron chi connectivity index (χ3n) is 1.77. The molecule has 0 saturated heterocycles. The number of aromatic amines is 1. The lowest BCUT2D eigenvalue weighted by Gasteiger charge is -1.95. The summed E-state index contributed by atoms with van der Waals surface area (Å²) in [5.74, 6) is -0.411. The molecule has 0 unspecified atom stereocenters. The fraction of sp³-hybridized carbons (Fsp3) is 0.125. The van der Waals surface area contributed by atoms with Crippen LogP contribution >= 0.6 is 15.9 Å². The van der Waals surface area contributed by atoms with Gasteiger partial charge in [-0.15, -0.1) is 0 Å². The molecule has 0 aliphatic rings. The molecule has 1 aromatic carbocycles. The van der Waals surface area contributed by atoms with Crippen molar-refractivity contribution < 1.29 is 4.42 Å². The number of fused-ring (bicyclic) bond motifs is 1. The van der Waals surface area contributed by atoms with Crippen molar-refractivity contribution in [3.8, 4) is 0 Å². The Hall–Kier alpha value is -1.03. The van der Waals surface area contributed by atoms with Crippen LogP contribution in [0.2, 0.25) is 0 Å². The van der Waals surface area contributed by atoms with Crippen LogP contribution in [0.25, 0.3) is 11.1 Å². The van der Waals surface area contributed by atoms with Crippen LogP contribution in [-0.2, 0) is 0 Å². The molecule has 2 aromatic rings. The average molecular weight is 228 g/mol. The van der Waals surface area contributed by atoms with Crippen LogP contribution in [0.1, 0.15) is 5.56 Å². The van der Waals surface area contributed by atoms with E-state index in [9.17, 15) is 4.79 Å². The number of H-pyrrole nitrogens is 1. The molecule has 1 aromatic heterocycles. The Balaban J connectivity index is 2.99. The monoisotopic (exact) mass is 227 g/mol. The summed E-state index contributed by atoms with van der Waals surface area (Å²) >= 11 is 3.35. The van der Waals surface area contributed by atoms with Crippen LogP contribution in [0, 0.1) is 6.92 Å². The van der Waals surface area contributed by atoms with E-state index in [1.54, 1.807) is 6.07 Å². The highest BCUT2D eigenvalue weighted by atomic mass is 79.9. The van der Waals surface area contributed by atoms with E-state index in [4.69, 9.17) is 4.42 Å². The molecule has 0 atom stereocenters. The van der Waals surface area contributed by atoms with Crippen LogP contribution in [0.4, 0.5) is 0 Å². The number of halogens is 1. The minimum Gasteiger partial charge on any atom is -0.408 e. The molecule has 0 radical (unpaired) electrons. The normalized spacial score (nSPS) is 10.8. The molecule has 0 aliphatic carbocycles. The second-order valence-corrected chi connectivity index (χ2v) is 3.42. The van der Waals surface area contributed by atoms with Crippen molar-refractivity contribution in [3.05, 3.63) is 32.7 Å². The summed E-state index contributed by atoms with van der Waals surface area (Å²) < 4.78 is 5.88. The van der Waals surface area contributed by atoms with Crippen molar-refractivity contribution >= 4 is 27.0 Å². The van der Waals surface area contributed by atoms with Crippen molar-refractivity contribution in [1.82, 2.24) is 4.98 Å². The van der Waals surface area contributed by atoms with Gasteiger partial charge in [-0.05, 0) is 19.1 Å². The summed E-state index contributed by atoms with van der Waals surface area (Å²) in [6.07, 6.45) is 0. The first kappa shape index (κ1) is 7.61. The standard InChI is InChI=1S/C8H6BrNO2/c1-4-5(9)2-3-6-7(4)12-8(11)10-6/h2-3H,1H3,(H,10,11). The van der Waals surface area contributed by atoms with Gasteiger partial charge in [0.2, 0.25) is 0 Å². The molecular formula is C8H6BrNO2. The average Bonchev–Trinajstić information content (AvgIpc) is 2.39. The molecule has 0 bridgehead atoms. The topological polar surface area (TPSA) is 46.0 Å². The lowest BCUT2D eigenvalue weighted by Crippen LogP contribution is -1.92. The number of hydrogen-bond acceptors (Lipinski definition) is 2. The van der Waals surface area contributed by atoms with Gasteiger partial charge in [0, 0.05) is 10.0 Å². The predicted molar refractivity (Wildman–Crippen MR) is 49.3 cm³/mol. The lowest BCUT2D eigenvalue weighted by molar-refractivity contribution is 0.553. The zero-order valence-corrected chi connectivity index (χ0v) is 7.94. The maximum absolute atomic E-state index is 10.8. The molecule has 1 N–H and O–H groups in total. The maximum Gasteiger partial charge on any atom is 0.417 e. The summed E-state index contributed by atoms with van der Waals surface area (Å²) in [6.45, 7) is 1.89. The van der Waals surface area contributed by atoms with Gasteiger partial charge in [0.05, 0.1) is 5.52 Å². The Kier molecular flexibility index (Phi) is 1.58. The first-order valence-corrected chi connectivity index (χ1v) is 4.26. The van der Waals surface area contributed by atoms with E-state index < -0.39 is 5.76 Å². The first-order valence-electron chi connectivity index (χ1n) is 3.46. The third kappa shape index (κ3) is 0.992. The Morgan fingerprint density at radius 2 is 2.25 bits per heavy atom. The molecule has 12 heavy (non-hydrogen) atoms. The second-order valence-electron chi connectivity index (χ2n) is 2.56. The summed E-state index contributed by atoms with van der Waals surface area (Å²) in [6, 6.07) is 3.68. The highest BCUT2D eigenvalue weighted by Gasteiger charge is 2.05. The van der Waals surface area contributed by atoms with Gasteiger partial charge in [-0.25, -0.2) is 4.79 Å². The molecule has 3 nitrogen and oxygen atoms in total. The number of aromatic nitrogens is 1. The van der Waals surface area contributed by atoms with E-state index in [1.807, 2.05) is 13.0 Å². The third-order valence-corrected chi connectivity index (χ3v) is 2.63. The van der Waals surface area contributed by atoms with Gasteiger partial charge in [-0.1, -0.05) is 15.9 Å². The largest absolute Gasteiger partial charge is 0.417 e. The highest BCUT2D eigenvalue weighted by molar-refractivity contribution is 9.10. The Labute approximate surface area is 76.5 Å². The van der Waals surface area contributed by atoms with Crippen molar-refractivity contribution in [2.45, 2.75) is 6.92 Å². The van der Waals surface area contributed by atoms with E-state index in [0.717, 1.165) is 15.6 Å². The summed E-state index contributed by atoms with van der Waals surface area (Å²) in [4.78, 5) is 13.4. The number of nitrogens with one attached hydrogen (secondary N) is 1. The number of hydrogen-bond donors (Lipinski definition) is 1. The minimum atomic E-state index is -0.411. The van der Waals surface area contributed by atoms with Gasteiger partial charge in [0.25, 0.3) is 0 Å². The highest BCUT2D eigenvalue weighted by Crippen LogP contribution is 2.23. The van der Waals surface area contributed by atoms with Crippen LogP contribution in [0.15, 0.2) is 25.8 Å². The van der Waals surface area contributed by atoms with Crippen LogP contribution in [0.3, 0.4) is 0 Å². The number of rotatable bonds is 0. The molecule has 0 aliphatic heterocycles. The smallest absolute Gasteiger partial charge is 0.408 e. The van der Waals surface area contributed by atoms with Gasteiger partial charge in [-0.3, -0.25) is 4.98 Å². The first-order chi connectivity index (χ1) is 5.68. The molecule has 1 heterocycles. The zero-order valence-electron chi connectivity index (χ0n) is 6.35. The molecule has 2 rings (SSSR count). The van der Waals surface area contributed by atoms with E-state index in [2.05, 4.69) is 20.9 Å². The van der Waals surface area contributed by atoms with Gasteiger partial charge in [0.1, 0.15) is 0 Å². The fourth-order valence-electron chi connectivity index (χ4n) is 1.13. The van der Waals surface area contributed by atoms with Crippen molar-refractivity contribution in [2.75, 3.05) is 0 Å². The predicted octanol–water partition coefficient (Wildman–Crippen LogP) is 2.19. The van der Waals surface area contributed by atoms with Crippen LogP contribution < -0.4 is 5.76 Å². The van der Waals surface area contributed by atoms with E-state index in [0.29, 0.717) is 5.58 Å². The van der Waals surface area contributed by atoms with Gasteiger partial charge < -0.3 is 4.42 Å². The summed E-state index contributed by atoms with van der Waals surface area (Å²) in [5.41, 5.74) is 2.29. The molecule has 0 spiro atoms. The van der Waals surface area contributed by atoms with Crippen LogP contribution in [-0.4, -0.2) is 4.98 Å². The van der Waals surface area contributed by atoms with Crippen molar-refractivity contribution in [2.24, 2.45) is 0 Å². The van der Waals surface area contributed by atoms with Crippen molar-refractivity contribution in [1.29, 1.82) is 0 Å². The molecule has 0 fully saturated rings. The number of oxazole rings is 1. The lowest BCUT2D eigenvalue weighted by atomic mass is 10.2. The van der Waals surface area contributed by atoms with Gasteiger partial charge in [-0.2, -0.15) is 0 Å². The quantitative estimate of drug-likeness (QED) is 0.751. The fourth-order valence-corrected chi connectivity index (χ4v) is 1.44. The SMILES string of the molecule is Cc1c(Br)ccc2[nH]c(=O)oc12.